The van der Waals surface area contributed by atoms with E-state index in [9.17, 15) is 4.79 Å². The summed E-state index contributed by atoms with van der Waals surface area (Å²) in [6, 6.07) is 0. The lowest BCUT2D eigenvalue weighted by Gasteiger charge is -2.28. The van der Waals surface area contributed by atoms with Gasteiger partial charge in [0.15, 0.2) is 5.16 Å². The minimum Gasteiger partial charge on any atom is -0.376 e. The van der Waals surface area contributed by atoms with E-state index in [-0.39, 0.29) is 5.91 Å². The van der Waals surface area contributed by atoms with E-state index in [4.69, 9.17) is 4.74 Å². The highest BCUT2D eigenvalue weighted by Gasteiger charge is 2.21. The predicted molar refractivity (Wildman–Crippen MR) is 82.1 cm³/mol. The van der Waals surface area contributed by atoms with Crippen molar-refractivity contribution in [2.24, 2.45) is 13.0 Å². The van der Waals surface area contributed by atoms with Gasteiger partial charge in [-0.2, -0.15) is 5.10 Å². The molecule has 1 amide bonds. The van der Waals surface area contributed by atoms with Crippen molar-refractivity contribution >= 4 is 17.7 Å². The van der Waals surface area contributed by atoms with Gasteiger partial charge in [0.1, 0.15) is 6.33 Å². The first-order valence-electron chi connectivity index (χ1n) is 7.52. The van der Waals surface area contributed by atoms with Gasteiger partial charge in [-0.25, -0.2) is 9.67 Å². The van der Waals surface area contributed by atoms with Crippen LogP contribution in [0.25, 0.3) is 0 Å². The van der Waals surface area contributed by atoms with E-state index in [2.05, 4.69) is 22.3 Å². The highest BCUT2D eigenvalue weighted by molar-refractivity contribution is 7.99. The molecule has 1 aromatic rings. The highest BCUT2D eigenvalue weighted by Crippen LogP contribution is 2.25. The van der Waals surface area contributed by atoms with Gasteiger partial charge in [0, 0.05) is 13.6 Å². The van der Waals surface area contributed by atoms with Crippen molar-refractivity contribution in [3.63, 3.8) is 0 Å². The van der Waals surface area contributed by atoms with Crippen LogP contribution in [0.5, 0.6) is 0 Å². The maximum absolute atomic E-state index is 11.7. The molecule has 1 N–H and O–H groups in total. The molecule has 6 nitrogen and oxygen atoms in total. The fourth-order valence-electron chi connectivity index (χ4n) is 2.53. The average molecular weight is 312 g/mol. The molecule has 7 heteroatoms. The first-order valence-corrected chi connectivity index (χ1v) is 8.50. The SMILES string of the molecule is C[C@@H]1CCCC[C@H]1OCCNC(=O)CSc1ncnn1C. The van der Waals surface area contributed by atoms with Crippen molar-refractivity contribution in [3.8, 4) is 0 Å². The standard InChI is InChI=1S/C14H24N4O2S/c1-11-5-3-4-6-12(11)20-8-7-15-13(19)9-21-14-16-10-17-18(14)2/h10-12H,3-9H2,1-2H3,(H,15,19)/t11-,12-/m1/s1. The molecule has 2 atom stereocenters. The Labute approximate surface area is 130 Å². The average Bonchev–Trinajstić information content (AvgIpc) is 2.88. The molecule has 0 unspecified atom stereocenters. The van der Waals surface area contributed by atoms with Gasteiger partial charge < -0.3 is 10.1 Å². The molecular formula is C14H24N4O2S. The first-order chi connectivity index (χ1) is 10.2. The molecule has 0 saturated heterocycles. The number of amides is 1. The number of thioether (sulfide) groups is 1. The highest BCUT2D eigenvalue weighted by atomic mass is 32.2. The normalized spacial score (nSPS) is 22.2. The Kier molecular flexibility index (Phi) is 6.50. The van der Waals surface area contributed by atoms with Crippen LogP contribution in [0, 0.1) is 5.92 Å². The maximum Gasteiger partial charge on any atom is 0.230 e. The summed E-state index contributed by atoms with van der Waals surface area (Å²) in [7, 11) is 1.81. The summed E-state index contributed by atoms with van der Waals surface area (Å²) in [5, 5.41) is 7.59. The molecule has 1 saturated carbocycles. The van der Waals surface area contributed by atoms with E-state index in [0.29, 0.717) is 30.9 Å². The summed E-state index contributed by atoms with van der Waals surface area (Å²) in [6.45, 7) is 3.41. The van der Waals surface area contributed by atoms with Gasteiger partial charge in [0.2, 0.25) is 5.91 Å². The van der Waals surface area contributed by atoms with Gasteiger partial charge in [-0.15, -0.1) is 0 Å². The van der Waals surface area contributed by atoms with Gasteiger partial charge in [-0.3, -0.25) is 4.79 Å². The lowest BCUT2D eigenvalue weighted by Crippen LogP contribution is -2.32. The number of nitrogens with one attached hydrogen (secondary N) is 1. The second kappa shape index (κ2) is 8.38. The zero-order valence-corrected chi connectivity index (χ0v) is 13.6. The molecule has 1 heterocycles. The van der Waals surface area contributed by atoms with Crippen LogP contribution in [0.15, 0.2) is 11.5 Å². The molecule has 0 aromatic carbocycles. The topological polar surface area (TPSA) is 69.0 Å². The van der Waals surface area contributed by atoms with Crippen molar-refractivity contribution in [2.45, 2.75) is 43.9 Å². The number of ether oxygens (including phenoxy) is 1. The van der Waals surface area contributed by atoms with Gasteiger partial charge in [0.25, 0.3) is 0 Å². The Bertz CT molecular complexity index is 452. The van der Waals surface area contributed by atoms with Gasteiger partial charge in [-0.1, -0.05) is 31.5 Å². The van der Waals surface area contributed by atoms with Crippen molar-refractivity contribution in [1.82, 2.24) is 20.1 Å². The van der Waals surface area contributed by atoms with Crippen molar-refractivity contribution in [1.29, 1.82) is 0 Å². The number of hydrogen-bond acceptors (Lipinski definition) is 5. The lowest BCUT2D eigenvalue weighted by molar-refractivity contribution is -0.119. The zero-order chi connectivity index (χ0) is 15.1. The van der Waals surface area contributed by atoms with E-state index in [1.165, 1.54) is 37.4 Å². The van der Waals surface area contributed by atoms with Gasteiger partial charge >= 0.3 is 0 Å². The molecule has 1 fully saturated rings. The third kappa shape index (κ3) is 5.32. The van der Waals surface area contributed by atoms with E-state index in [0.717, 1.165) is 11.6 Å². The Hall–Kier alpha value is -1.08. The maximum atomic E-state index is 11.7. The monoisotopic (exact) mass is 312 g/mol. The summed E-state index contributed by atoms with van der Waals surface area (Å²) in [5.41, 5.74) is 0. The molecule has 0 aliphatic heterocycles. The number of aryl methyl sites for hydroxylation is 1. The van der Waals surface area contributed by atoms with Gasteiger partial charge in [0.05, 0.1) is 18.5 Å². The van der Waals surface area contributed by atoms with E-state index < -0.39 is 0 Å². The van der Waals surface area contributed by atoms with E-state index >= 15 is 0 Å². The second-order valence-corrected chi connectivity index (χ2v) is 6.42. The molecule has 0 spiro atoms. The minimum atomic E-state index is 0.00305. The quantitative estimate of drug-likeness (QED) is 0.612. The zero-order valence-electron chi connectivity index (χ0n) is 12.7. The second-order valence-electron chi connectivity index (χ2n) is 5.48. The smallest absolute Gasteiger partial charge is 0.230 e. The van der Waals surface area contributed by atoms with Crippen LogP contribution >= 0.6 is 11.8 Å². The molecule has 21 heavy (non-hydrogen) atoms. The number of carbonyl (C=O) groups is 1. The van der Waals surface area contributed by atoms with Crippen LogP contribution in [0.1, 0.15) is 32.6 Å². The summed E-state index contributed by atoms with van der Waals surface area (Å²) in [4.78, 5) is 15.8. The number of nitrogens with zero attached hydrogens (tertiary/aromatic N) is 3. The summed E-state index contributed by atoms with van der Waals surface area (Å²) >= 11 is 1.38. The molecule has 0 radical (unpaired) electrons. The lowest BCUT2D eigenvalue weighted by atomic mass is 9.88. The van der Waals surface area contributed by atoms with Gasteiger partial charge in [-0.05, 0) is 18.8 Å². The molecule has 2 rings (SSSR count). The molecule has 1 aromatic heterocycles. The molecule has 1 aliphatic carbocycles. The first kappa shape index (κ1) is 16.3. The summed E-state index contributed by atoms with van der Waals surface area (Å²) in [5.74, 6) is 0.996. The number of rotatable bonds is 7. The van der Waals surface area contributed by atoms with Crippen molar-refractivity contribution in [2.75, 3.05) is 18.9 Å². The number of aromatic nitrogens is 3. The number of hydrogen-bond donors (Lipinski definition) is 1. The fourth-order valence-corrected chi connectivity index (χ4v) is 3.25. The Morgan fingerprint density at radius 2 is 2.33 bits per heavy atom. The van der Waals surface area contributed by atoms with Crippen LogP contribution in [-0.2, 0) is 16.6 Å². The van der Waals surface area contributed by atoms with Crippen LogP contribution < -0.4 is 5.32 Å². The van der Waals surface area contributed by atoms with Crippen molar-refractivity contribution < 1.29 is 9.53 Å². The molecule has 118 valence electrons. The molecular weight excluding hydrogens is 288 g/mol. The van der Waals surface area contributed by atoms with Crippen LogP contribution in [-0.4, -0.2) is 45.7 Å². The van der Waals surface area contributed by atoms with E-state index in [1.54, 1.807) is 4.68 Å². The van der Waals surface area contributed by atoms with Crippen molar-refractivity contribution in [3.05, 3.63) is 6.33 Å². The van der Waals surface area contributed by atoms with Crippen LogP contribution in [0.3, 0.4) is 0 Å². The van der Waals surface area contributed by atoms with Crippen LogP contribution in [0.4, 0.5) is 0 Å². The molecule has 1 aliphatic rings. The van der Waals surface area contributed by atoms with Crippen LogP contribution in [0.2, 0.25) is 0 Å². The predicted octanol–water partition coefficient (Wildman–Crippen LogP) is 1.62. The minimum absolute atomic E-state index is 0.00305. The fraction of sp³-hybridized carbons (Fsp3) is 0.786. The summed E-state index contributed by atoms with van der Waals surface area (Å²) in [6.07, 6.45) is 6.83. The molecule has 0 bridgehead atoms. The largest absolute Gasteiger partial charge is 0.376 e. The number of carbonyl (C=O) groups excluding carboxylic acids is 1. The third-order valence-electron chi connectivity index (χ3n) is 3.79. The Morgan fingerprint density at radius 1 is 1.52 bits per heavy atom. The van der Waals surface area contributed by atoms with E-state index in [1.807, 2.05) is 7.05 Å². The Balaban J connectivity index is 1.56. The summed E-state index contributed by atoms with van der Waals surface area (Å²) < 4.78 is 7.53. The Morgan fingerprint density at radius 3 is 3.05 bits per heavy atom. The third-order valence-corrected chi connectivity index (χ3v) is 4.83.